The van der Waals surface area contributed by atoms with Crippen molar-refractivity contribution in [2.24, 2.45) is 26.4 Å². The van der Waals surface area contributed by atoms with Gasteiger partial charge in [-0.05, 0) is 49.9 Å². The van der Waals surface area contributed by atoms with Crippen LogP contribution in [0.25, 0.3) is 0 Å². The van der Waals surface area contributed by atoms with Crippen LogP contribution in [0.1, 0.15) is 21.5 Å². The molecule has 0 saturated carbocycles. The van der Waals surface area contributed by atoms with Crippen molar-refractivity contribution in [3.63, 3.8) is 0 Å². The zero-order valence-electron chi connectivity index (χ0n) is 22.4. The molecule has 4 rings (SSSR count). The first-order chi connectivity index (χ1) is 19.4. The quantitative estimate of drug-likeness (QED) is 0.417. The number of carbonyl (C=O) groups is 1. The van der Waals surface area contributed by atoms with Gasteiger partial charge >= 0.3 is 6.18 Å². The molecule has 41 heavy (non-hydrogen) atoms. The zero-order valence-corrected chi connectivity index (χ0v) is 23.1. The molecule has 1 saturated heterocycles. The van der Waals surface area contributed by atoms with Crippen molar-refractivity contribution < 1.29 is 18.0 Å². The van der Waals surface area contributed by atoms with E-state index in [4.69, 9.17) is 23.1 Å². The Kier molecular flexibility index (Phi) is 8.69. The van der Waals surface area contributed by atoms with E-state index in [1.807, 2.05) is 11.9 Å². The van der Waals surface area contributed by atoms with Gasteiger partial charge in [0.25, 0.3) is 5.91 Å². The normalized spacial score (nSPS) is 18.5. The molecule has 14 heteroatoms. The molecule has 1 fully saturated rings. The van der Waals surface area contributed by atoms with Gasteiger partial charge in [0.1, 0.15) is 17.2 Å². The van der Waals surface area contributed by atoms with Crippen molar-refractivity contribution in [3.8, 4) is 0 Å². The Morgan fingerprint density at radius 2 is 1.83 bits per heavy atom. The maximum Gasteiger partial charge on any atom is 0.417 e. The van der Waals surface area contributed by atoms with Crippen LogP contribution in [-0.4, -0.2) is 66.4 Å². The van der Waals surface area contributed by atoms with E-state index in [1.165, 1.54) is 18.3 Å². The van der Waals surface area contributed by atoms with Crippen LogP contribution in [0.2, 0.25) is 5.02 Å². The second-order valence-electron chi connectivity index (χ2n) is 9.42. The second-order valence-corrected chi connectivity index (χ2v) is 9.83. The zero-order chi connectivity index (χ0) is 29.9. The lowest BCUT2D eigenvalue weighted by atomic mass is 10.1. The van der Waals surface area contributed by atoms with Crippen LogP contribution in [0, 0.1) is 6.92 Å². The van der Waals surface area contributed by atoms with Crippen molar-refractivity contribution in [1.29, 1.82) is 0 Å². The molecule has 0 unspecified atom stereocenters. The molecule has 0 aromatic heterocycles. The first kappa shape index (κ1) is 29.6. The summed E-state index contributed by atoms with van der Waals surface area (Å²) in [5, 5.41) is 5.08. The lowest BCUT2D eigenvalue weighted by molar-refractivity contribution is -0.137. The van der Waals surface area contributed by atoms with Gasteiger partial charge in [0.2, 0.25) is 5.96 Å². The summed E-state index contributed by atoms with van der Waals surface area (Å²) in [6, 6.07) is 7.88. The second kappa shape index (κ2) is 12.0. The maximum atomic E-state index is 13.2. The SMILES string of the molecule is C=C/N=C1/C(N)=NC(N2CCN(C)CC2)=N/C1=C(/N)Nc1cc(C(=O)Nc2ccc(Cl)c(C(F)(F)F)c2)ccc1C. The van der Waals surface area contributed by atoms with E-state index in [0.717, 1.165) is 30.8 Å². The van der Waals surface area contributed by atoms with Gasteiger partial charge in [-0.25, -0.2) is 4.99 Å². The topological polar surface area (TPSA) is 137 Å². The predicted molar refractivity (Wildman–Crippen MR) is 156 cm³/mol. The number of hydrogen-bond donors (Lipinski definition) is 4. The molecule has 0 atom stereocenters. The maximum absolute atomic E-state index is 13.2. The van der Waals surface area contributed by atoms with Crippen molar-refractivity contribution in [2.45, 2.75) is 13.1 Å². The highest BCUT2D eigenvalue weighted by Crippen LogP contribution is 2.36. The first-order valence-corrected chi connectivity index (χ1v) is 12.9. The summed E-state index contributed by atoms with van der Waals surface area (Å²) in [7, 11) is 2.03. The van der Waals surface area contributed by atoms with Gasteiger partial charge in [-0.2, -0.15) is 18.2 Å². The van der Waals surface area contributed by atoms with E-state index in [2.05, 4.69) is 37.1 Å². The van der Waals surface area contributed by atoms with Crippen LogP contribution in [0.15, 0.2) is 75.7 Å². The number of alkyl halides is 3. The lowest BCUT2D eigenvalue weighted by Crippen LogP contribution is -2.48. The minimum absolute atomic E-state index is 0.0588. The molecule has 0 spiro atoms. The number of hydrogen-bond acceptors (Lipinski definition) is 9. The van der Waals surface area contributed by atoms with Gasteiger partial charge in [-0.15, -0.1) is 0 Å². The minimum Gasteiger partial charge on any atom is -0.383 e. The van der Waals surface area contributed by atoms with E-state index in [0.29, 0.717) is 24.7 Å². The van der Waals surface area contributed by atoms with Gasteiger partial charge in [0.05, 0.1) is 10.6 Å². The van der Waals surface area contributed by atoms with E-state index >= 15 is 0 Å². The molecule has 2 aliphatic rings. The number of guanidine groups is 1. The van der Waals surface area contributed by atoms with Gasteiger partial charge in [0, 0.05) is 49.3 Å². The monoisotopic (exact) mass is 587 g/mol. The van der Waals surface area contributed by atoms with Crippen LogP contribution >= 0.6 is 11.6 Å². The lowest BCUT2D eigenvalue weighted by Gasteiger charge is -2.34. The van der Waals surface area contributed by atoms with Crippen molar-refractivity contribution in [2.75, 3.05) is 43.9 Å². The average molecular weight is 588 g/mol. The van der Waals surface area contributed by atoms with E-state index in [-0.39, 0.29) is 34.3 Å². The minimum atomic E-state index is -4.67. The van der Waals surface area contributed by atoms with Crippen LogP contribution in [0.3, 0.4) is 0 Å². The van der Waals surface area contributed by atoms with E-state index < -0.39 is 22.7 Å². The molecule has 0 bridgehead atoms. The van der Waals surface area contributed by atoms with Crippen LogP contribution in [0.4, 0.5) is 24.5 Å². The molecular formula is C27H29ClF3N9O. The number of nitrogens with one attached hydrogen (secondary N) is 2. The first-order valence-electron chi connectivity index (χ1n) is 12.5. The Labute approximate surface area is 240 Å². The fraction of sp³-hybridized carbons (Fsp3) is 0.259. The van der Waals surface area contributed by atoms with E-state index in [9.17, 15) is 18.0 Å². The summed E-state index contributed by atoms with van der Waals surface area (Å²) in [4.78, 5) is 30.4. The third-order valence-electron chi connectivity index (χ3n) is 6.46. The molecule has 2 heterocycles. The fourth-order valence-electron chi connectivity index (χ4n) is 4.14. The van der Waals surface area contributed by atoms with Crippen molar-refractivity contribution >= 4 is 46.4 Å². The van der Waals surface area contributed by atoms with Crippen LogP contribution in [0.5, 0.6) is 0 Å². The molecule has 2 aromatic rings. The smallest absolute Gasteiger partial charge is 0.383 e. The Bertz CT molecular complexity index is 1490. The van der Waals surface area contributed by atoms with Gasteiger partial charge in [0.15, 0.2) is 5.84 Å². The van der Waals surface area contributed by atoms with Gasteiger partial charge in [-0.3, -0.25) is 9.79 Å². The number of halogens is 4. The number of anilines is 2. The summed E-state index contributed by atoms with van der Waals surface area (Å²) in [6.07, 6.45) is -3.37. The highest BCUT2D eigenvalue weighted by Gasteiger charge is 2.33. The molecule has 6 N–H and O–H groups in total. The third-order valence-corrected chi connectivity index (χ3v) is 6.79. The number of nitrogens with two attached hydrogens (primary N) is 2. The fourth-order valence-corrected chi connectivity index (χ4v) is 4.36. The van der Waals surface area contributed by atoms with Gasteiger partial charge in [-0.1, -0.05) is 24.2 Å². The standard InChI is InChI=1S/C27H29ClF3N9O/c1-4-34-21-22(37-26(38-23(21)32)40-11-9-39(3)10-12-40)24(33)36-20-13-16(6-5-15(20)2)25(41)35-17-7-8-19(28)18(14-17)27(29,30)31/h4-8,13-14,36H,1,9-12,33H2,2-3H3,(H,35,41)(H2,32,37,38)/b24-22-,34-21+. The van der Waals surface area contributed by atoms with E-state index in [1.54, 1.807) is 19.1 Å². The van der Waals surface area contributed by atoms with Gasteiger partial charge < -0.3 is 31.9 Å². The Morgan fingerprint density at radius 1 is 1.12 bits per heavy atom. The summed E-state index contributed by atoms with van der Waals surface area (Å²) in [5.41, 5.74) is 13.4. The third kappa shape index (κ3) is 6.87. The molecule has 216 valence electrons. The molecule has 1 amide bonds. The van der Waals surface area contributed by atoms with Crippen LogP contribution in [-0.2, 0) is 6.18 Å². The molecule has 0 aliphatic carbocycles. The number of carbonyl (C=O) groups excluding carboxylic acids is 1. The summed E-state index contributed by atoms with van der Waals surface area (Å²) < 4.78 is 39.7. The Balaban J connectivity index is 1.62. The molecule has 2 aromatic carbocycles. The number of benzene rings is 2. The number of likely N-dealkylation sites (N-methyl/N-ethyl adjacent to an activating group) is 1. The number of aliphatic imine (C=N–C) groups is 3. The average Bonchev–Trinajstić information content (AvgIpc) is 2.91. The summed E-state index contributed by atoms with van der Waals surface area (Å²) >= 11 is 5.68. The number of piperazine rings is 1. The van der Waals surface area contributed by atoms with Crippen molar-refractivity contribution in [1.82, 2.24) is 9.80 Å². The van der Waals surface area contributed by atoms with Crippen LogP contribution < -0.4 is 22.1 Å². The van der Waals surface area contributed by atoms with Crippen molar-refractivity contribution in [3.05, 3.63) is 82.4 Å². The highest BCUT2D eigenvalue weighted by atomic mass is 35.5. The Hall–Kier alpha value is -4.36. The largest absolute Gasteiger partial charge is 0.417 e. The molecule has 2 aliphatic heterocycles. The number of amidine groups is 1. The summed E-state index contributed by atoms with van der Waals surface area (Å²) in [5.74, 6) is 0.000302. The highest BCUT2D eigenvalue weighted by molar-refractivity contribution is 6.49. The molecular weight excluding hydrogens is 559 g/mol. The number of amides is 1. The number of nitrogens with zero attached hydrogens (tertiary/aromatic N) is 5. The molecule has 10 nitrogen and oxygen atoms in total. The molecule has 0 radical (unpaired) electrons. The summed E-state index contributed by atoms with van der Waals surface area (Å²) in [6.45, 7) is 8.49. The predicted octanol–water partition coefficient (Wildman–Crippen LogP) is 4.02. The Morgan fingerprint density at radius 3 is 2.49 bits per heavy atom. The number of rotatable bonds is 5. The number of aryl methyl sites for hydroxylation is 1.